The minimum atomic E-state index is -2.30. The van der Waals surface area contributed by atoms with E-state index in [1.807, 2.05) is 0 Å². The van der Waals surface area contributed by atoms with E-state index in [1.54, 1.807) is 12.1 Å². The van der Waals surface area contributed by atoms with Crippen LogP contribution in [-0.2, 0) is 4.74 Å². The van der Waals surface area contributed by atoms with Crippen molar-refractivity contribution in [3.63, 3.8) is 0 Å². The largest absolute Gasteiger partial charge is 0.428 e. The topological polar surface area (TPSA) is 94.2 Å². The van der Waals surface area contributed by atoms with Crippen molar-refractivity contribution in [2.75, 3.05) is 6.73 Å². The standard InChI is InChI=1S/C18H10Cl4N2O6/c19-9-5-6-12-13(7-9)30-18(29-12,17(20,21)22)23-16(27)28-8-24-14(25)10-3-1-2-4-11(10)15(24)26/h1-7H,8H2,(H,23,27)/t18-/m0/s1. The van der Waals surface area contributed by atoms with Gasteiger partial charge in [-0.1, -0.05) is 58.5 Å². The third-order valence-electron chi connectivity index (χ3n) is 4.26. The number of alkyl halides is 3. The van der Waals surface area contributed by atoms with Crippen LogP contribution in [0.1, 0.15) is 20.7 Å². The molecule has 12 heteroatoms. The van der Waals surface area contributed by atoms with Gasteiger partial charge in [-0.15, -0.1) is 0 Å². The van der Waals surface area contributed by atoms with E-state index in [0.29, 0.717) is 5.02 Å². The Balaban J connectivity index is 1.47. The fourth-order valence-corrected chi connectivity index (χ4v) is 3.40. The number of alkyl carbamates (subject to hydrolysis) is 1. The van der Waals surface area contributed by atoms with E-state index in [-0.39, 0.29) is 22.6 Å². The number of imide groups is 1. The average molecular weight is 492 g/mol. The third-order valence-corrected chi connectivity index (χ3v) is 5.24. The molecule has 3 amide bonds. The van der Waals surface area contributed by atoms with E-state index in [2.05, 4.69) is 5.32 Å². The maximum atomic E-state index is 12.4. The van der Waals surface area contributed by atoms with E-state index < -0.39 is 34.3 Å². The number of rotatable bonds is 3. The molecule has 1 atom stereocenters. The quantitative estimate of drug-likeness (QED) is 0.512. The molecule has 8 nitrogen and oxygen atoms in total. The highest BCUT2D eigenvalue weighted by molar-refractivity contribution is 6.68. The van der Waals surface area contributed by atoms with Gasteiger partial charge in [0.15, 0.2) is 18.2 Å². The van der Waals surface area contributed by atoms with Crippen molar-refractivity contribution in [3.05, 3.63) is 58.6 Å². The van der Waals surface area contributed by atoms with Crippen molar-refractivity contribution in [3.8, 4) is 11.5 Å². The van der Waals surface area contributed by atoms with Crippen LogP contribution in [0.5, 0.6) is 11.5 Å². The summed E-state index contributed by atoms with van der Waals surface area (Å²) in [5, 5.41) is 2.50. The maximum Gasteiger partial charge on any atom is 0.414 e. The number of carbonyl (C=O) groups is 3. The molecule has 0 saturated heterocycles. The van der Waals surface area contributed by atoms with Crippen molar-refractivity contribution < 1.29 is 28.6 Å². The lowest BCUT2D eigenvalue weighted by molar-refractivity contribution is -0.100. The highest BCUT2D eigenvalue weighted by Gasteiger charge is 2.60. The van der Waals surface area contributed by atoms with Gasteiger partial charge in [0.05, 0.1) is 11.1 Å². The lowest BCUT2D eigenvalue weighted by Crippen LogP contribution is -2.63. The summed E-state index contributed by atoms with van der Waals surface area (Å²) in [6.07, 6.45) is -1.17. The predicted octanol–water partition coefficient (Wildman–Crippen LogP) is 4.12. The summed E-state index contributed by atoms with van der Waals surface area (Å²) in [7, 11) is 0. The number of ether oxygens (including phenoxy) is 3. The number of carbonyl (C=O) groups excluding carboxylic acids is 3. The molecule has 0 radical (unpaired) electrons. The molecule has 2 aromatic carbocycles. The van der Waals surface area contributed by atoms with Crippen molar-refractivity contribution >= 4 is 64.3 Å². The van der Waals surface area contributed by atoms with Crippen LogP contribution in [0.3, 0.4) is 0 Å². The van der Waals surface area contributed by atoms with Gasteiger partial charge in [0, 0.05) is 11.1 Å². The summed E-state index contributed by atoms with van der Waals surface area (Å²) >= 11 is 23.8. The molecule has 0 bridgehead atoms. The molecule has 4 rings (SSSR count). The fraction of sp³-hybridized carbons (Fsp3) is 0.167. The Bertz CT molecular complexity index is 1040. The lowest BCUT2D eigenvalue weighted by atomic mass is 10.1. The number of fused-ring (bicyclic) bond motifs is 2. The van der Waals surface area contributed by atoms with Crippen LogP contribution in [-0.4, -0.2) is 39.2 Å². The first kappa shape index (κ1) is 20.9. The molecule has 0 fully saturated rings. The Labute approximate surface area is 189 Å². The molecular formula is C18H10Cl4N2O6. The summed E-state index contributed by atoms with van der Waals surface area (Å²) in [6.45, 7) is -0.674. The second-order valence-electron chi connectivity index (χ2n) is 6.18. The van der Waals surface area contributed by atoms with Gasteiger partial charge in [0.2, 0.25) is 0 Å². The minimum Gasteiger partial charge on any atom is -0.428 e. The van der Waals surface area contributed by atoms with Crippen LogP contribution < -0.4 is 14.8 Å². The molecule has 156 valence electrons. The number of amides is 3. The first-order valence-corrected chi connectivity index (χ1v) is 9.77. The summed E-state index contributed by atoms with van der Waals surface area (Å²) in [4.78, 5) is 37.8. The first-order valence-electron chi connectivity index (χ1n) is 8.26. The summed E-state index contributed by atoms with van der Waals surface area (Å²) < 4.78 is 13.7. The van der Waals surface area contributed by atoms with Crippen LogP contribution >= 0.6 is 46.4 Å². The summed E-state index contributed by atoms with van der Waals surface area (Å²) in [5.74, 6) is -3.20. The third kappa shape index (κ3) is 3.50. The van der Waals surface area contributed by atoms with Gasteiger partial charge < -0.3 is 14.2 Å². The molecule has 0 unspecified atom stereocenters. The van der Waals surface area contributed by atoms with E-state index in [4.69, 9.17) is 60.6 Å². The van der Waals surface area contributed by atoms with E-state index in [1.165, 1.54) is 30.3 Å². The molecule has 30 heavy (non-hydrogen) atoms. The Hall–Kier alpha value is -2.39. The zero-order chi connectivity index (χ0) is 21.7. The molecular weight excluding hydrogens is 482 g/mol. The molecule has 0 aliphatic carbocycles. The number of halogens is 4. The Kier molecular flexibility index (Phi) is 5.14. The second-order valence-corrected chi connectivity index (χ2v) is 8.90. The van der Waals surface area contributed by atoms with Crippen molar-refractivity contribution in [2.45, 2.75) is 9.70 Å². The smallest absolute Gasteiger partial charge is 0.414 e. The van der Waals surface area contributed by atoms with Crippen LogP contribution in [0.4, 0.5) is 4.79 Å². The maximum absolute atomic E-state index is 12.4. The van der Waals surface area contributed by atoms with E-state index in [9.17, 15) is 14.4 Å². The molecule has 1 N–H and O–H groups in total. The average Bonchev–Trinajstić information content (AvgIpc) is 3.16. The summed E-state index contributed by atoms with van der Waals surface area (Å²) in [6, 6.07) is 10.6. The zero-order valence-electron chi connectivity index (χ0n) is 14.7. The Morgan fingerprint density at radius 1 is 1.03 bits per heavy atom. The van der Waals surface area contributed by atoms with Gasteiger partial charge in [-0.05, 0) is 24.3 Å². The van der Waals surface area contributed by atoms with E-state index >= 15 is 0 Å². The normalized spacial score (nSPS) is 19.7. The molecule has 0 spiro atoms. The van der Waals surface area contributed by atoms with Crippen LogP contribution in [0, 0.1) is 0 Å². The monoisotopic (exact) mass is 490 g/mol. The van der Waals surface area contributed by atoms with Crippen LogP contribution in [0.25, 0.3) is 0 Å². The van der Waals surface area contributed by atoms with Gasteiger partial charge in [-0.3, -0.25) is 9.59 Å². The number of nitrogens with one attached hydrogen (secondary N) is 1. The molecule has 0 aromatic heterocycles. The molecule has 2 heterocycles. The predicted molar refractivity (Wildman–Crippen MR) is 107 cm³/mol. The Morgan fingerprint density at radius 2 is 1.63 bits per heavy atom. The van der Waals surface area contributed by atoms with Gasteiger partial charge in [0.25, 0.3) is 15.6 Å². The SMILES string of the molecule is O=C(N[C@@]1(C(Cl)(Cl)Cl)Oc2ccc(Cl)cc2O1)OCN1C(=O)c2ccccc2C1=O. The number of benzene rings is 2. The molecule has 2 aliphatic heterocycles. The minimum absolute atomic E-state index is 0.120. The van der Waals surface area contributed by atoms with Crippen LogP contribution in [0.2, 0.25) is 5.02 Å². The Morgan fingerprint density at radius 3 is 2.23 bits per heavy atom. The summed E-state index contributed by atoms with van der Waals surface area (Å²) in [5.41, 5.74) is 0.415. The first-order chi connectivity index (χ1) is 14.1. The van der Waals surface area contributed by atoms with Crippen molar-refractivity contribution in [1.29, 1.82) is 0 Å². The molecule has 0 saturated carbocycles. The van der Waals surface area contributed by atoms with Gasteiger partial charge >= 0.3 is 12.0 Å². The van der Waals surface area contributed by atoms with Crippen molar-refractivity contribution in [1.82, 2.24) is 10.2 Å². The zero-order valence-corrected chi connectivity index (χ0v) is 17.7. The second kappa shape index (κ2) is 7.39. The van der Waals surface area contributed by atoms with Gasteiger partial charge in [-0.25, -0.2) is 15.0 Å². The van der Waals surface area contributed by atoms with Gasteiger partial charge in [0.1, 0.15) is 0 Å². The fourth-order valence-electron chi connectivity index (χ4n) is 2.86. The number of hydrogen-bond acceptors (Lipinski definition) is 6. The highest BCUT2D eigenvalue weighted by atomic mass is 35.6. The number of nitrogens with zero attached hydrogens (tertiary/aromatic N) is 1. The molecule has 2 aliphatic rings. The lowest BCUT2D eigenvalue weighted by Gasteiger charge is -2.33. The van der Waals surface area contributed by atoms with Crippen molar-refractivity contribution in [2.24, 2.45) is 0 Å². The van der Waals surface area contributed by atoms with Gasteiger partial charge in [-0.2, -0.15) is 0 Å². The van der Waals surface area contributed by atoms with E-state index in [0.717, 1.165) is 4.90 Å². The van der Waals surface area contributed by atoms with Crippen LogP contribution in [0.15, 0.2) is 42.5 Å². The molecule has 2 aromatic rings. The number of hydrogen-bond donors (Lipinski definition) is 1. The highest BCUT2D eigenvalue weighted by Crippen LogP contribution is 2.49.